The Morgan fingerprint density at radius 1 is 1.20 bits per heavy atom. The van der Waals surface area contributed by atoms with E-state index in [9.17, 15) is 4.79 Å². The Kier molecular flexibility index (Phi) is 4.01. The summed E-state index contributed by atoms with van der Waals surface area (Å²) < 4.78 is 0. The fourth-order valence-electron chi connectivity index (χ4n) is 1.60. The van der Waals surface area contributed by atoms with Crippen LogP contribution in [0.5, 0.6) is 0 Å². The Morgan fingerprint density at radius 2 is 1.90 bits per heavy atom. The molecule has 0 aliphatic rings. The summed E-state index contributed by atoms with van der Waals surface area (Å²) in [6.45, 7) is 5.69. The Labute approximate surface area is 126 Å². The summed E-state index contributed by atoms with van der Waals surface area (Å²) in [7, 11) is 0. The van der Waals surface area contributed by atoms with Gasteiger partial charge in [-0.3, -0.25) is 9.78 Å². The summed E-state index contributed by atoms with van der Waals surface area (Å²) in [5, 5.41) is 11.8. The van der Waals surface area contributed by atoms with Crippen LogP contribution in [0.25, 0.3) is 0 Å². The molecule has 106 valence electrons. The maximum atomic E-state index is 12.0. The van der Waals surface area contributed by atoms with E-state index in [1.165, 1.54) is 0 Å². The Morgan fingerprint density at radius 3 is 2.45 bits per heavy atom. The molecular weight excluding hydrogens is 299 g/mol. The third-order valence-corrected chi connectivity index (χ3v) is 3.14. The van der Waals surface area contributed by atoms with E-state index in [0.29, 0.717) is 21.4 Å². The number of nitrogens with one attached hydrogen (secondary N) is 2. The van der Waals surface area contributed by atoms with Crippen LogP contribution in [0, 0.1) is 0 Å². The van der Waals surface area contributed by atoms with Crippen LogP contribution in [0.3, 0.4) is 0 Å². The number of aromatic nitrogens is 3. The van der Waals surface area contributed by atoms with E-state index >= 15 is 0 Å². The summed E-state index contributed by atoms with van der Waals surface area (Å²) >= 11 is 11.9. The van der Waals surface area contributed by atoms with Gasteiger partial charge >= 0.3 is 0 Å². The van der Waals surface area contributed by atoms with Gasteiger partial charge < -0.3 is 5.32 Å². The van der Waals surface area contributed by atoms with Gasteiger partial charge in [-0.2, -0.15) is 0 Å². The molecule has 0 amide bonds. The number of H-pyrrole nitrogens is 1. The van der Waals surface area contributed by atoms with Gasteiger partial charge in [0.15, 0.2) is 0 Å². The van der Waals surface area contributed by atoms with Crippen LogP contribution in [-0.4, -0.2) is 15.2 Å². The van der Waals surface area contributed by atoms with E-state index in [-0.39, 0.29) is 16.9 Å². The van der Waals surface area contributed by atoms with Gasteiger partial charge in [0.1, 0.15) is 5.69 Å². The fraction of sp³-hybridized carbons (Fsp3) is 0.308. The van der Waals surface area contributed by atoms with Gasteiger partial charge in [-0.05, 0) is 18.2 Å². The molecule has 0 unspecified atom stereocenters. The van der Waals surface area contributed by atoms with Crippen molar-refractivity contribution in [3.8, 4) is 0 Å². The largest absolute Gasteiger partial charge is 0.323 e. The minimum Gasteiger partial charge on any atom is -0.323 e. The topological polar surface area (TPSA) is 70.7 Å². The fourth-order valence-corrected chi connectivity index (χ4v) is 2.06. The molecule has 7 heteroatoms. The van der Waals surface area contributed by atoms with E-state index in [1.54, 1.807) is 18.2 Å². The molecule has 1 aromatic heterocycles. The number of rotatable bonds is 2. The van der Waals surface area contributed by atoms with Gasteiger partial charge in [0.05, 0.1) is 10.7 Å². The van der Waals surface area contributed by atoms with Crippen LogP contribution >= 0.6 is 23.2 Å². The number of halogens is 2. The zero-order chi connectivity index (χ0) is 14.9. The summed E-state index contributed by atoms with van der Waals surface area (Å²) in [5.41, 5.74) is 0.326. The molecule has 0 radical (unpaired) electrons. The van der Waals surface area contributed by atoms with Crippen molar-refractivity contribution < 1.29 is 0 Å². The minimum atomic E-state index is -0.364. The maximum absolute atomic E-state index is 12.0. The number of hydrogen-bond donors (Lipinski definition) is 2. The van der Waals surface area contributed by atoms with Crippen molar-refractivity contribution in [3.05, 3.63) is 44.3 Å². The van der Waals surface area contributed by atoms with Crippen molar-refractivity contribution in [3.63, 3.8) is 0 Å². The second kappa shape index (κ2) is 5.42. The lowest BCUT2D eigenvalue weighted by Crippen LogP contribution is -2.28. The summed E-state index contributed by atoms with van der Waals surface area (Å²) in [6, 6.07) is 4.98. The number of hydrogen-bond acceptors (Lipinski definition) is 4. The average molecular weight is 313 g/mol. The first kappa shape index (κ1) is 14.8. The second-order valence-corrected chi connectivity index (χ2v) is 6.19. The van der Waals surface area contributed by atoms with Crippen molar-refractivity contribution in [2.24, 2.45) is 0 Å². The Balaban J connectivity index is 2.32. The van der Waals surface area contributed by atoms with Crippen LogP contribution in [-0.2, 0) is 5.41 Å². The SMILES string of the molecule is CC(C)(C)c1nnc(Nc2ccc(Cl)cc2Cl)[nH]c1=O. The Hall–Kier alpha value is -1.59. The van der Waals surface area contributed by atoms with Crippen molar-refractivity contribution in [1.29, 1.82) is 0 Å². The van der Waals surface area contributed by atoms with Gasteiger partial charge in [0.25, 0.3) is 5.56 Å². The van der Waals surface area contributed by atoms with Crippen LogP contribution in [0.15, 0.2) is 23.0 Å². The van der Waals surface area contributed by atoms with Gasteiger partial charge in [-0.25, -0.2) is 0 Å². The summed E-state index contributed by atoms with van der Waals surface area (Å²) in [5.74, 6) is 0.229. The molecule has 0 saturated heterocycles. The van der Waals surface area contributed by atoms with E-state index < -0.39 is 0 Å². The summed E-state index contributed by atoms with van der Waals surface area (Å²) in [6.07, 6.45) is 0. The van der Waals surface area contributed by atoms with E-state index in [0.717, 1.165) is 0 Å². The lowest BCUT2D eigenvalue weighted by Gasteiger charge is -2.15. The minimum absolute atomic E-state index is 0.229. The number of nitrogens with zero attached hydrogens (tertiary/aromatic N) is 2. The van der Waals surface area contributed by atoms with Crippen molar-refractivity contribution in [2.75, 3.05) is 5.32 Å². The first-order valence-corrected chi connectivity index (χ1v) is 6.72. The lowest BCUT2D eigenvalue weighted by atomic mass is 9.93. The third kappa shape index (κ3) is 3.29. The van der Waals surface area contributed by atoms with Crippen LogP contribution in [0.2, 0.25) is 10.0 Å². The maximum Gasteiger partial charge on any atom is 0.274 e. The first-order valence-electron chi connectivity index (χ1n) is 5.97. The van der Waals surface area contributed by atoms with Crippen molar-refractivity contribution in [1.82, 2.24) is 15.2 Å². The molecule has 1 aromatic carbocycles. The monoisotopic (exact) mass is 312 g/mol. The molecule has 0 spiro atoms. The second-order valence-electron chi connectivity index (χ2n) is 5.35. The van der Waals surface area contributed by atoms with E-state index in [1.807, 2.05) is 20.8 Å². The van der Waals surface area contributed by atoms with Crippen LogP contribution < -0.4 is 10.9 Å². The number of aromatic amines is 1. The zero-order valence-corrected chi connectivity index (χ0v) is 12.8. The highest BCUT2D eigenvalue weighted by molar-refractivity contribution is 6.36. The first-order chi connectivity index (χ1) is 9.27. The normalized spacial score (nSPS) is 11.4. The summed E-state index contributed by atoms with van der Waals surface area (Å²) in [4.78, 5) is 14.6. The molecule has 0 bridgehead atoms. The van der Waals surface area contributed by atoms with E-state index in [2.05, 4.69) is 20.5 Å². The van der Waals surface area contributed by atoms with Crippen molar-refractivity contribution in [2.45, 2.75) is 26.2 Å². The zero-order valence-electron chi connectivity index (χ0n) is 11.3. The predicted octanol–water partition coefficient (Wildman–Crippen LogP) is 3.51. The van der Waals surface area contributed by atoms with Crippen molar-refractivity contribution >= 4 is 34.8 Å². The van der Waals surface area contributed by atoms with Gasteiger partial charge in [-0.15, -0.1) is 10.2 Å². The smallest absolute Gasteiger partial charge is 0.274 e. The molecule has 1 heterocycles. The highest BCUT2D eigenvalue weighted by Crippen LogP contribution is 2.26. The molecule has 2 aromatic rings. The van der Waals surface area contributed by atoms with E-state index in [4.69, 9.17) is 23.2 Å². The molecule has 2 N–H and O–H groups in total. The van der Waals surface area contributed by atoms with Gasteiger partial charge in [-0.1, -0.05) is 44.0 Å². The third-order valence-electron chi connectivity index (χ3n) is 2.59. The van der Waals surface area contributed by atoms with Crippen LogP contribution in [0.4, 0.5) is 11.6 Å². The average Bonchev–Trinajstić information content (AvgIpc) is 2.31. The standard InChI is InChI=1S/C13H14Cl2N4O/c1-13(2,3)10-11(20)17-12(19-18-10)16-9-5-4-7(14)6-8(9)15/h4-6H,1-3H3,(H2,16,17,19,20). The highest BCUT2D eigenvalue weighted by atomic mass is 35.5. The molecule has 0 aliphatic heterocycles. The van der Waals surface area contributed by atoms with Gasteiger partial charge in [0, 0.05) is 10.4 Å². The highest BCUT2D eigenvalue weighted by Gasteiger charge is 2.20. The molecule has 0 saturated carbocycles. The Bertz CT molecular complexity index is 692. The number of anilines is 2. The molecule has 0 fully saturated rings. The molecule has 5 nitrogen and oxygen atoms in total. The molecular formula is C13H14Cl2N4O. The molecule has 20 heavy (non-hydrogen) atoms. The van der Waals surface area contributed by atoms with Gasteiger partial charge in [0.2, 0.25) is 5.95 Å². The molecule has 0 atom stereocenters. The predicted molar refractivity (Wildman–Crippen MR) is 81.1 cm³/mol. The molecule has 2 rings (SSSR count). The molecule has 0 aliphatic carbocycles. The van der Waals surface area contributed by atoms with Crippen LogP contribution in [0.1, 0.15) is 26.5 Å². The quantitative estimate of drug-likeness (QED) is 0.890. The lowest BCUT2D eigenvalue weighted by molar-refractivity contribution is 0.547. The number of benzene rings is 1.